The fourth-order valence-corrected chi connectivity index (χ4v) is 1.87. The Balaban J connectivity index is 0.000000606. The molecule has 1 fully saturated rings. The van der Waals surface area contributed by atoms with E-state index in [0.717, 1.165) is 17.7 Å². The maximum atomic E-state index is 12.6. The second-order valence-electron chi connectivity index (χ2n) is 4.01. The molecule has 0 unspecified atom stereocenters. The number of halogens is 2. The van der Waals surface area contributed by atoms with Crippen molar-refractivity contribution >= 4 is 0 Å². The van der Waals surface area contributed by atoms with Gasteiger partial charge in [-0.05, 0) is 18.9 Å². The average molecular weight is 230 g/mol. The van der Waals surface area contributed by atoms with E-state index in [-0.39, 0.29) is 18.9 Å². The zero-order chi connectivity index (χ0) is 12.3. The Bertz CT molecular complexity index is 337. The number of hydrogen-bond acceptors (Lipinski definition) is 1. The second kappa shape index (κ2) is 4.93. The third-order valence-electron chi connectivity index (χ3n) is 2.79. The lowest BCUT2D eigenvalue weighted by Crippen LogP contribution is -2.37. The fourth-order valence-electron chi connectivity index (χ4n) is 1.87. The molecular formula is C12H20F2N2. The standard InChI is InChI=1S/C10H14F2N2.C2H6/c1-3-9-7(2)6-14(13-9)8-4-10(11,12)5-8;1-2/h6,8H,3-5H2,1-2H3;1-2H3. The van der Waals surface area contributed by atoms with E-state index in [4.69, 9.17) is 0 Å². The van der Waals surface area contributed by atoms with Gasteiger partial charge in [0.1, 0.15) is 0 Å². The van der Waals surface area contributed by atoms with Gasteiger partial charge in [-0.3, -0.25) is 4.68 Å². The van der Waals surface area contributed by atoms with E-state index >= 15 is 0 Å². The third-order valence-corrected chi connectivity index (χ3v) is 2.79. The van der Waals surface area contributed by atoms with E-state index in [2.05, 4.69) is 5.10 Å². The lowest BCUT2D eigenvalue weighted by atomic mass is 9.88. The number of hydrogen-bond donors (Lipinski definition) is 0. The maximum absolute atomic E-state index is 12.6. The van der Waals surface area contributed by atoms with Crippen molar-refractivity contribution < 1.29 is 8.78 Å². The van der Waals surface area contributed by atoms with Crippen molar-refractivity contribution in [1.29, 1.82) is 0 Å². The van der Waals surface area contributed by atoms with Crippen LogP contribution in [0.3, 0.4) is 0 Å². The summed E-state index contributed by atoms with van der Waals surface area (Å²) in [5.74, 6) is -2.46. The normalized spacial score (nSPS) is 18.6. The van der Waals surface area contributed by atoms with Gasteiger partial charge in [0.15, 0.2) is 0 Å². The van der Waals surface area contributed by atoms with Gasteiger partial charge < -0.3 is 0 Å². The van der Waals surface area contributed by atoms with Crippen molar-refractivity contribution in [2.24, 2.45) is 0 Å². The first-order chi connectivity index (χ1) is 7.52. The van der Waals surface area contributed by atoms with Crippen LogP contribution in [0.5, 0.6) is 0 Å². The first-order valence-electron chi connectivity index (χ1n) is 5.94. The summed E-state index contributed by atoms with van der Waals surface area (Å²) in [7, 11) is 0. The molecule has 0 amide bonds. The van der Waals surface area contributed by atoms with Gasteiger partial charge in [0.2, 0.25) is 0 Å². The molecule has 1 aromatic heterocycles. The van der Waals surface area contributed by atoms with Crippen LogP contribution in [-0.4, -0.2) is 15.7 Å². The zero-order valence-electron chi connectivity index (χ0n) is 10.4. The molecule has 1 aromatic rings. The number of alkyl halides is 2. The van der Waals surface area contributed by atoms with Gasteiger partial charge in [-0.2, -0.15) is 5.10 Å². The third kappa shape index (κ3) is 2.60. The van der Waals surface area contributed by atoms with Gasteiger partial charge in [0, 0.05) is 19.0 Å². The lowest BCUT2D eigenvalue weighted by Gasteiger charge is -2.34. The van der Waals surface area contributed by atoms with Crippen LogP contribution < -0.4 is 0 Å². The predicted molar refractivity (Wildman–Crippen MR) is 60.9 cm³/mol. The van der Waals surface area contributed by atoms with Crippen molar-refractivity contribution in [3.8, 4) is 0 Å². The SMILES string of the molecule is CC.CCc1nn(C2CC(F)(F)C2)cc1C. The number of rotatable bonds is 2. The molecule has 0 atom stereocenters. The van der Waals surface area contributed by atoms with Crippen molar-refractivity contribution in [3.05, 3.63) is 17.5 Å². The highest BCUT2D eigenvalue weighted by molar-refractivity contribution is 5.15. The topological polar surface area (TPSA) is 17.8 Å². The summed E-state index contributed by atoms with van der Waals surface area (Å²) in [4.78, 5) is 0. The Morgan fingerprint density at radius 3 is 2.38 bits per heavy atom. The smallest absolute Gasteiger partial charge is 0.252 e. The summed E-state index contributed by atoms with van der Waals surface area (Å²) in [6, 6.07) is -0.0935. The van der Waals surface area contributed by atoms with Crippen LogP contribution in [0, 0.1) is 6.92 Å². The van der Waals surface area contributed by atoms with Gasteiger partial charge in [-0.1, -0.05) is 20.8 Å². The van der Waals surface area contributed by atoms with E-state index < -0.39 is 5.92 Å². The molecule has 0 aromatic carbocycles. The number of aryl methyl sites for hydroxylation is 2. The average Bonchev–Trinajstić information content (AvgIpc) is 2.59. The van der Waals surface area contributed by atoms with E-state index in [1.54, 1.807) is 4.68 Å². The molecule has 92 valence electrons. The Hall–Kier alpha value is -0.930. The zero-order valence-corrected chi connectivity index (χ0v) is 10.4. The lowest BCUT2D eigenvalue weighted by molar-refractivity contribution is -0.107. The minimum atomic E-state index is -2.46. The van der Waals surface area contributed by atoms with Crippen LogP contribution in [0.4, 0.5) is 8.78 Å². The van der Waals surface area contributed by atoms with Crippen molar-refractivity contribution in [2.45, 2.75) is 58.9 Å². The monoisotopic (exact) mass is 230 g/mol. The molecule has 0 spiro atoms. The molecule has 0 N–H and O–H groups in total. The molecule has 0 saturated heterocycles. The highest BCUT2D eigenvalue weighted by atomic mass is 19.3. The van der Waals surface area contributed by atoms with E-state index in [9.17, 15) is 8.78 Å². The van der Waals surface area contributed by atoms with Crippen LogP contribution >= 0.6 is 0 Å². The summed E-state index contributed by atoms with van der Waals surface area (Å²) in [5, 5.41) is 4.30. The van der Waals surface area contributed by atoms with Crippen molar-refractivity contribution in [1.82, 2.24) is 9.78 Å². The molecule has 16 heavy (non-hydrogen) atoms. The van der Waals surface area contributed by atoms with Gasteiger partial charge >= 0.3 is 0 Å². The number of nitrogens with zero attached hydrogens (tertiary/aromatic N) is 2. The van der Waals surface area contributed by atoms with Crippen LogP contribution in [-0.2, 0) is 6.42 Å². The van der Waals surface area contributed by atoms with Gasteiger partial charge in [0.25, 0.3) is 5.92 Å². The largest absolute Gasteiger partial charge is 0.269 e. The molecule has 4 heteroatoms. The van der Waals surface area contributed by atoms with Crippen LogP contribution in [0.2, 0.25) is 0 Å². The predicted octanol–water partition coefficient (Wildman–Crippen LogP) is 3.75. The van der Waals surface area contributed by atoms with E-state index in [1.165, 1.54) is 0 Å². The summed E-state index contributed by atoms with van der Waals surface area (Å²) < 4.78 is 26.9. The molecule has 0 aliphatic heterocycles. The molecule has 1 aliphatic carbocycles. The van der Waals surface area contributed by atoms with Gasteiger partial charge in [-0.15, -0.1) is 0 Å². The molecule has 1 aliphatic rings. The van der Waals surface area contributed by atoms with Crippen LogP contribution in [0.1, 0.15) is 50.9 Å². The molecule has 1 heterocycles. The Labute approximate surface area is 95.7 Å². The Kier molecular flexibility index (Phi) is 4.05. The van der Waals surface area contributed by atoms with Gasteiger partial charge in [0.05, 0.1) is 11.7 Å². The molecule has 0 bridgehead atoms. The quantitative estimate of drug-likeness (QED) is 0.756. The molecule has 0 radical (unpaired) electrons. The summed E-state index contributed by atoms with van der Waals surface area (Å²) in [6.45, 7) is 7.99. The van der Waals surface area contributed by atoms with Crippen molar-refractivity contribution in [2.75, 3.05) is 0 Å². The highest BCUT2D eigenvalue weighted by Crippen LogP contribution is 2.45. The van der Waals surface area contributed by atoms with Crippen LogP contribution in [0.15, 0.2) is 6.20 Å². The summed E-state index contributed by atoms with van der Waals surface area (Å²) in [5.41, 5.74) is 2.11. The second-order valence-corrected chi connectivity index (χ2v) is 4.01. The molecule has 1 saturated carbocycles. The minimum absolute atomic E-state index is 0.0583. The first-order valence-corrected chi connectivity index (χ1v) is 5.94. The fraction of sp³-hybridized carbons (Fsp3) is 0.750. The first kappa shape index (κ1) is 13.1. The van der Waals surface area contributed by atoms with E-state index in [1.807, 2.05) is 33.9 Å². The number of aromatic nitrogens is 2. The molecule has 2 rings (SSSR count). The minimum Gasteiger partial charge on any atom is -0.269 e. The summed E-state index contributed by atoms with van der Waals surface area (Å²) in [6.07, 6.45) is 2.62. The molecular weight excluding hydrogens is 210 g/mol. The summed E-state index contributed by atoms with van der Waals surface area (Å²) >= 11 is 0. The maximum Gasteiger partial charge on any atom is 0.252 e. The Morgan fingerprint density at radius 1 is 1.44 bits per heavy atom. The molecule has 2 nitrogen and oxygen atoms in total. The van der Waals surface area contributed by atoms with Gasteiger partial charge in [-0.25, -0.2) is 8.78 Å². The Morgan fingerprint density at radius 2 is 2.00 bits per heavy atom. The highest BCUT2D eigenvalue weighted by Gasteiger charge is 2.46. The van der Waals surface area contributed by atoms with Crippen LogP contribution in [0.25, 0.3) is 0 Å². The van der Waals surface area contributed by atoms with Crippen molar-refractivity contribution in [3.63, 3.8) is 0 Å². The van der Waals surface area contributed by atoms with E-state index in [0.29, 0.717) is 0 Å².